The van der Waals surface area contributed by atoms with Crippen molar-refractivity contribution in [2.45, 2.75) is 6.42 Å². The highest BCUT2D eigenvalue weighted by molar-refractivity contribution is 6.07. The maximum Gasteiger partial charge on any atom is 0.272 e. The number of hydrogen-bond donors (Lipinski definition) is 5. The summed E-state index contributed by atoms with van der Waals surface area (Å²) in [5.74, 6) is -1.80. The third-order valence-electron chi connectivity index (χ3n) is 5.11. The molecular weight excluding hydrogens is 456 g/mol. The van der Waals surface area contributed by atoms with Gasteiger partial charge in [0.15, 0.2) is 0 Å². The van der Waals surface area contributed by atoms with E-state index >= 15 is 0 Å². The fraction of sp³-hybridized carbons (Fsp3) is 0.227. The SMILES string of the molecule is Cn1cc(NC(=O)c2cc(NC(=O)c3cc(NC=O)cn3C)cn2C)cc1C(=O)NCCC(N)=O. The van der Waals surface area contributed by atoms with Gasteiger partial charge >= 0.3 is 0 Å². The lowest BCUT2D eigenvalue weighted by molar-refractivity contribution is -0.117. The molecule has 0 atom stereocenters. The van der Waals surface area contributed by atoms with Gasteiger partial charge in [-0.05, 0) is 18.2 Å². The molecule has 5 amide bonds. The number of nitrogens with two attached hydrogens (primary N) is 1. The fourth-order valence-electron chi connectivity index (χ4n) is 3.43. The summed E-state index contributed by atoms with van der Waals surface area (Å²) in [5.41, 5.74) is 7.21. The normalized spacial score (nSPS) is 10.5. The number of hydrogen-bond acceptors (Lipinski definition) is 5. The average Bonchev–Trinajstić information content (AvgIpc) is 3.44. The Balaban J connectivity index is 1.67. The highest BCUT2D eigenvalue weighted by Gasteiger charge is 2.18. The smallest absolute Gasteiger partial charge is 0.272 e. The second-order valence-corrected chi connectivity index (χ2v) is 7.82. The topological polar surface area (TPSA) is 174 Å². The Labute approximate surface area is 200 Å². The van der Waals surface area contributed by atoms with Crippen LogP contribution in [-0.2, 0) is 30.7 Å². The lowest BCUT2D eigenvalue weighted by Gasteiger charge is -2.04. The summed E-state index contributed by atoms with van der Waals surface area (Å²) in [6.45, 7) is 0.108. The summed E-state index contributed by atoms with van der Waals surface area (Å²) in [6, 6.07) is 4.54. The van der Waals surface area contributed by atoms with Gasteiger partial charge in [0.05, 0.1) is 17.1 Å². The third-order valence-corrected chi connectivity index (χ3v) is 5.11. The van der Waals surface area contributed by atoms with Gasteiger partial charge < -0.3 is 40.7 Å². The van der Waals surface area contributed by atoms with Crippen molar-refractivity contribution in [3.8, 4) is 0 Å². The molecule has 3 aromatic heterocycles. The Morgan fingerprint density at radius 3 is 1.66 bits per heavy atom. The molecule has 0 aliphatic heterocycles. The minimum absolute atomic E-state index is 0.0208. The van der Waals surface area contributed by atoms with Gasteiger partial charge in [0.25, 0.3) is 17.7 Å². The van der Waals surface area contributed by atoms with Gasteiger partial charge in [0.2, 0.25) is 12.3 Å². The van der Waals surface area contributed by atoms with Crippen LogP contribution < -0.4 is 27.0 Å². The number of nitrogens with zero attached hydrogens (tertiary/aromatic N) is 3. The molecule has 0 aromatic carbocycles. The molecule has 6 N–H and O–H groups in total. The number of aryl methyl sites for hydroxylation is 3. The first-order chi connectivity index (χ1) is 16.6. The summed E-state index contributed by atoms with van der Waals surface area (Å²) in [4.78, 5) is 59.2. The van der Waals surface area contributed by atoms with Crippen LogP contribution in [0.15, 0.2) is 36.8 Å². The largest absolute Gasteiger partial charge is 0.370 e. The molecule has 0 radical (unpaired) electrons. The molecule has 3 rings (SSSR count). The number of amides is 5. The first-order valence-corrected chi connectivity index (χ1v) is 10.5. The van der Waals surface area contributed by atoms with Crippen LogP contribution in [0.3, 0.4) is 0 Å². The van der Waals surface area contributed by atoms with E-state index in [1.807, 2.05) is 0 Å². The highest BCUT2D eigenvalue weighted by Crippen LogP contribution is 2.19. The Kier molecular flexibility index (Phi) is 7.39. The first kappa shape index (κ1) is 24.8. The quantitative estimate of drug-likeness (QED) is 0.262. The molecule has 0 fully saturated rings. The predicted molar refractivity (Wildman–Crippen MR) is 128 cm³/mol. The van der Waals surface area contributed by atoms with Crippen LogP contribution in [-0.4, -0.2) is 50.3 Å². The van der Waals surface area contributed by atoms with Crippen molar-refractivity contribution in [1.82, 2.24) is 19.0 Å². The van der Waals surface area contributed by atoms with E-state index in [0.717, 1.165) is 0 Å². The van der Waals surface area contributed by atoms with Crippen LogP contribution in [0.1, 0.15) is 37.9 Å². The number of aromatic nitrogens is 3. The summed E-state index contributed by atoms with van der Waals surface area (Å²) < 4.78 is 4.66. The van der Waals surface area contributed by atoms with Crippen LogP contribution in [0.4, 0.5) is 17.1 Å². The molecule has 0 aliphatic carbocycles. The van der Waals surface area contributed by atoms with E-state index in [9.17, 15) is 24.0 Å². The Morgan fingerprint density at radius 1 is 0.771 bits per heavy atom. The number of carbonyl (C=O) groups is 5. The lowest BCUT2D eigenvalue weighted by atomic mass is 10.3. The minimum Gasteiger partial charge on any atom is -0.370 e. The van der Waals surface area contributed by atoms with Crippen molar-refractivity contribution in [2.24, 2.45) is 26.9 Å². The van der Waals surface area contributed by atoms with E-state index in [1.54, 1.807) is 53.4 Å². The number of carbonyl (C=O) groups excluding carboxylic acids is 5. The molecular formula is C22H26N8O5. The average molecular weight is 483 g/mol. The molecule has 3 aromatic rings. The fourth-order valence-corrected chi connectivity index (χ4v) is 3.43. The Morgan fingerprint density at radius 2 is 1.20 bits per heavy atom. The molecule has 35 heavy (non-hydrogen) atoms. The van der Waals surface area contributed by atoms with Crippen LogP contribution >= 0.6 is 0 Å². The molecule has 13 nitrogen and oxygen atoms in total. The molecule has 184 valence electrons. The van der Waals surface area contributed by atoms with Crippen LogP contribution in [0, 0.1) is 0 Å². The van der Waals surface area contributed by atoms with Gasteiger partial charge in [0.1, 0.15) is 17.1 Å². The van der Waals surface area contributed by atoms with E-state index in [-0.39, 0.29) is 24.4 Å². The monoisotopic (exact) mass is 482 g/mol. The zero-order valence-electron chi connectivity index (χ0n) is 19.4. The minimum atomic E-state index is -0.522. The number of primary amides is 1. The Hall–Kier alpha value is -4.81. The van der Waals surface area contributed by atoms with Crippen molar-refractivity contribution in [3.05, 3.63) is 53.9 Å². The Bertz CT molecular complexity index is 1300. The summed E-state index contributed by atoms with van der Waals surface area (Å²) in [7, 11) is 4.97. The third kappa shape index (κ3) is 5.96. The van der Waals surface area contributed by atoms with E-state index < -0.39 is 23.6 Å². The second-order valence-electron chi connectivity index (χ2n) is 7.82. The molecule has 0 saturated carbocycles. The molecule has 3 heterocycles. The van der Waals surface area contributed by atoms with E-state index in [0.29, 0.717) is 29.2 Å². The van der Waals surface area contributed by atoms with Crippen molar-refractivity contribution >= 4 is 47.1 Å². The van der Waals surface area contributed by atoms with Gasteiger partial charge in [-0.3, -0.25) is 24.0 Å². The number of anilines is 3. The number of nitrogens with one attached hydrogen (secondary N) is 4. The van der Waals surface area contributed by atoms with Crippen molar-refractivity contribution < 1.29 is 24.0 Å². The van der Waals surface area contributed by atoms with Crippen molar-refractivity contribution in [2.75, 3.05) is 22.5 Å². The summed E-state index contributed by atoms with van der Waals surface area (Å²) in [6.07, 6.45) is 5.30. The zero-order valence-corrected chi connectivity index (χ0v) is 19.4. The van der Waals surface area contributed by atoms with Gasteiger partial charge in [-0.15, -0.1) is 0 Å². The van der Waals surface area contributed by atoms with Crippen LogP contribution in [0.25, 0.3) is 0 Å². The summed E-state index contributed by atoms with van der Waals surface area (Å²) >= 11 is 0. The first-order valence-electron chi connectivity index (χ1n) is 10.5. The highest BCUT2D eigenvalue weighted by atomic mass is 16.2. The van der Waals surface area contributed by atoms with E-state index in [1.165, 1.54) is 18.2 Å². The predicted octanol–water partition coefficient (Wildman–Crippen LogP) is 0.380. The molecule has 0 spiro atoms. The van der Waals surface area contributed by atoms with Gasteiger partial charge in [-0.2, -0.15) is 0 Å². The van der Waals surface area contributed by atoms with Crippen molar-refractivity contribution in [3.63, 3.8) is 0 Å². The number of rotatable bonds is 10. The van der Waals surface area contributed by atoms with Gasteiger partial charge in [-0.1, -0.05) is 0 Å². The molecule has 0 unspecified atom stereocenters. The molecule has 13 heteroatoms. The van der Waals surface area contributed by atoms with E-state index in [2.05, 4.69) is 21.3 Å². The van der Waals surface area contributed by atoms with Crippen LogP contribution in [0.2, 0.25) is 0 Å². The maximum atomic E-state index is 12.8. The van der Waals surface area contributed by atoms with Gasteiger partial charge in [0, 0.05) is 52.7 Å². The van der Waals surface area contributed by atoms with Crippen molar-refractivity contribution in [1.29, 1.82) is 0 Å². The standard InChI is InChI=1S/C22H26N8O5/c1-28-9-13(25-12-31)6-17(28)21(34)27-15-8-18(30(3)11-15)22(35)26-14-7-16(29(2)10-14)20(33)24-5-4-19(23)32/h6-12H,4-5H2,1-3H3,(H2,23,32)(H,24,33)(H,25,31)(H,26,35)(H,27,34). The molecule has 0 bridgehead atoms. The van der Waals surface area contributed by atoms with Gasteiger partial charge in [-0.25, -0.2) is 0 Å². The molecule has 0 saturated heterocycles. The second kappa shape index (κ2) is 10.4. The zero-order chi connectivity index (χ0) is 25.7. The molecule has 0 aliphatic rings. The summed E-state index contributed by atoms with van der Waals surface area (Å²) in [5, 5.41) is 10.5. The van der Waals surface area contributed by atoms with Crippen LogP contribution in [0.5, 0.6) is 0 Å². The van der Waals surface area contributed by atoms with E-state index in [4.69, 9.17) is 5.73 Å². The maximum absolute atomic E-state index is 12.8. The lowest BCUT2D eigenvalue weighted by Crippen LogP contribution is -2.29.